The number of pyridine rings is 1. The minimum atomic E-state index is -0.0380. The van der Waals surface area contributed by atoms with Crippen molar-refractivity contribution in [2.45, 2.75) is 24.5 Å². The van der Waals surface area contributed by atoms with Crippen molar-refractivity contribution in [3.63, 3.8) is 0 Å². The molecule has 166 valence electrons. The van der Waals surface area contributed by atoms with E-state index in [0.29, 0.717) is 36.1 Å². The van der Waals surface area contributed by atoms with Gasteiger partial charge in [0, 0.05) is 42.2 Å². The molecule has 3 aromatic heterocycles. The van der Waals surface area contributed by atoms with E-state index >= 15 is 0 Å². The molecule has 0 spiro atoms. The van der Waals surface area contributed by atoms with Crippen LogP contribution in [0.4, 0.5) is 5.69 Å². The first-order valence-corrected chi connectivity index (χ1v) is 11.6. The second-order valence-corrected chi connectivity index (χ2v) is 8.57. The van der Waals surface area contributed by atoms with Gasteiger partial charge in [0.2, 0.25) is 5.91 Å². The molecule has 5 rings (SSSR count). The third-order valence-corrected chi connectivity index (χ3v) is 6.38. The van der Waals surface area contributed by atoms with E-state index in [1.165, 1.54) is 11.8 Å². The zero-order valence-corrected chi connectivity index (χ0v) is 18.6. The number of Topliss-reactive ketones (excluding diaryl/α,β-unsaturated/α-hetero) is 1. The first-order chi connectivity index (χ1) is 16.2. The molecule has 0 atom stereocenters. The molecule has 1 aliphatic heterocycles. The molecule has 9 heteroatoms. The number of rotatable bonds is 8. The zero-order chi connectivity index (χ0) is 22.6. The largest absolute Gasteiger partial charge is 0.467 e. The van der Waals surface area contributed by atoms with Crippen molar-refractivity contribution in [3.05, 3.63) is 78.5 Å². The van der Waals surface area contributed by atoms with Gasteiger partial charge in [0.05, 0.1) is 18.6 Å². The number of carbonyl (C=O) groups is 2. The smallest absolute Gasteiger partial charge is 0.227 e. The SMILES string of the molecule is O=C(CSc1nnc(-c2cccnc2)n1Cc1ccco1)c1cccc(N2CCCC2=O)c1. The van der Waals surface area contributed by atoms with Gasteiger partial charge < -0.3 is 9.32 Å². The lowest BCUT2D eigenvalue weighted by atomic mass is 10.1. The van der Waals surface area contributed by atoms with Crippen LogP contribution in [0.15, 0.2) is 76.8 Å². The van der Waals surface area contributed by atoms with Crippen molar-refractivity contribution < 1.29 is 14.0 Å². The molecule has 1 fully saturated rings. The van der Waals surface area contributed by atoms with Crippen molar-refractivity contribution in [1.82, 2.24) is 19.7 Å². The molecule has 8 nitrogen and oxygen atoms in total. The van der Waals surface area contributed by atoms with Crippen LogP contribution in [0.3, 0.4) is 0 Å². The van der Waals surface area contributed by atoms with E-state index < -0.39 is 0 Å². The second-order valence-electron chi connectivity index (χ2n) is 7.62. The van der Waals surface area contributed by atoms with Crippen molar-refractivity contribution in [2.75, 3.05) is 17.2 Å². The molecule has 0 aliphatic carbocycles. The van der Waals surface area contributed by atoms with Gasteiger partial charge in [-0.3, -0.25) is 19.1 Å². The summed E-state index contributed by atoms with van der Waals surface area (Å²) in [6.45, 7) is 1.13. The zero-order valence-electron chi connectivity index (χ0n) is 17.8. The molecule has 0 N–H and O–H groups in total. The minimum absolute atomic E-state index is 0.0380. The first kappa shape index (κ1) is 21.1. The highest BCUT2D eigenvalue weighted by molar-refractivity contribution is 7.99. The maximum atomic E-state index is 13.0. The minimum Gasteiger partial charge on any atom is -0.467 e. The summed E-state index contributed by atoms with van der Waals surface area (Å²) >= 11 is 1.32. The van der Waals surface area contributed by atoms with Crippen LogP contribution in [0.2, 0.25) is 0 Å². The predicted octanol–water partition coefficient (Wildman–Crippen LogP) is 4.08. The van der Waals surface area contributed by atoms with Crippen LogP contribution >= 0.6 is 11.8 Å². The highest BCUT2D eigenvalue weighted by Gasteiger charge is 2.23. The van der Waals surface area contributed by atoms with Gasteiger partial charge in [-0.2, -0.15) is 0 Å². The van der Waals surface area contributed by atoms with Gasteiger partial charge in [-0.25, -0.2) is 0 Å². The Labute approximate surface area is 194 Å². The Hall–Kier alpha value is -3.72. The number of hydrogen-bond donors (Lipinski definition) is 0. The molecule has 0 unspecified atom stereocenters. The summed E-state index contributed by atoms with van der Waals surface area (Å²) in [5.41, 5.74) is 2.18. The topological polar surface area (TPSA) is 94.1 Å². The van der Waals surface area contributed by atoms with Crippen molar-refractivity contribution in [1.29, 1.82) is 0 Å². The Morgan fingerprint density at radius 3 is 2.82 bits per heavy atom. The lowest BCUT2D eigenvalue weighted by Gasteiger charge is -2.16. The van der Waals surface area contributed by atoms with E-state index in [0.717, 1.165) is 23.4 Å². The van der Waals surface area contributed by atoms with E-state index in [1.807, 2.05) is 41.0 Å². The molecule has 1 aromatic carbocycles. The van der Waals surface area contributed by atoms with Crippen LogP contribution < -0.4 is 4.90 Å². The molecule has 0 saturated carbocycles. The summed E-state index contributed by atoms with van der Waals surface area (Å²) in [6.07, 6.45) is 6.45. The number of benzene rings is 1. The highest BCUT2D eigenvalue weighted by atomic mass is 32.2. The maximum Gasteiger partial charge on any atom is 0.227 e. The molecule has 33 heavy (non-hydrogen) atoms. The number of aromatic nitrogens is 4. The van der Waals surface area contributed by atoms with E-state index in [4.69, 9.17) is 4.42 Å². The molecular formula is C24H21N5O3S. The molecule has 0 radical (unpaired) electrons. The number of furan rings is 1. The number of anilines is 1. The van der Waals surface area contributed by atoms with E-state index in [-0.39, 0.29) is 17.4 Å². The van der Waals surface area contributed by atoms with Crippen LogP contribution in [-0.2, 0) is 11.3 Å². The fraction of sp³-hybridized carbons (Fsp3) is 0.208. The lowest BCUT2D eigenvalue weighted by Crippen LogP contribution is -2.23. The Balaban J connectivity index is 1.36. The van der Waals surface area contributed by atoms with Gasteiger partial charge in [-0.1, -0.05) is 23.9 Å². The van der Waals surface area contributed by atoms with Crippen LogP contribution in [0, 0.1) is 0 Å². The molecule has 1 aliphatic rings. The van der Waals surface area contributed by atoms with Gasteiger partial charge in [0.25, 0.3) is 0 Å². The summed E-state index contributed by atoms with van der Waals surface area (Å²) in [4.78, 5) is 30.9. The number of carbonyl (C=O) groups excluding carboxylic acids is 2. The Morgan fingerprint density at radius 1 is 1.12 bits per heavy atom. The van der Waals surface area contributed by atoms with Crippen LogP contribution in [0.5, 0.6) is 0 Å². The van der Waals surface area contributed by atoms with Gasteiger partial charge in [0.15, 0.2) is 16.8 Å². The monoisotopic (exact) mass is 459 g/mol. The first-order valence-electron chi connectivity index (χ1n) is 10.6. The van der Waals surface area contributed by atoms with E-state index in [9.17, 15) is 9.59 Å². The summed E-state index contributed by atoms with van der Waals surface area (Å²) in [6, 6.07) is 14.7. The van der Waals surface area contributed by atoms with Gasteiger partial charge in [0.1, 0.15) is 5.76 Å². The highest BCUT2D eigenvalue weighted by Crippen LogP contribution is 2.27. The molecule has 1 saturated heterocycles. The second kappa shape index (κ2) is 9.41. The number of amides is 1. The number of thioether (sulfide) groups is 1. The van der Waals surface area contributed by atoms with Gasteiger partial charge >= 0.3 is 0 Å². The summed E-state index contributed by atoms with van der Waals surface area (Å²) in [7, 11) is 0. The number of nitrogens with zero attached hydrogens (tertiary/aromatic N) is 5. The standard InChI is InChI=1S/C24H21N5O3S/c30-21(17-5-1-7-19(13-17)28-11-3-9-22(28)31)16-33-24-27-26-23(18-6-2-10-25-14-18)29(24)15-20-8-4-12-32-20/h1-2,4-8,10,12-14H,3,9,11,15-16H2. The van der Waals surface area contributed by atoms with Crippen LogP contribution in [0.1, 0.15) is 29.0 Å². The van der Waals surface area contributed by atoms with E-state index in [2.05, 4.69) is 15.2 Å². The average molecular weight is 460 g/mol. The Morgan fingerprint density at radius 2 is 2.06 bits per heavy atom. The molecule has 1 amide bonds. The Bertz CT molecular complexity index is 1270. The lowest BCUT2D eigenvalue weighted by molar-refractivity contribution is -0.117. The summed E-state index contributed by atoms with van der Waals surface area (Å²) in [5.74, 6) is 1.67. The fourth-order valence-corrected chi connectivity index (χ4v) is 4.62. The Kier molecular flexibility index (Phi) is 6.03. The molecule has 4 aromatic rings. The van der Waals surface area contributed by atoms with Gasteiger partial charge in [-0.15, -0.1) is 10.2 Å². The number of hydrogen-bond acceptors (Lipinski definition) is 7. The molecule has 4 heterocycles. The maximum absolute atomic E-state index is 13.0. The predicted molar refractivity (Wildman–Crippen MR) is 124 cm³/mol. The third-order valence-electron chi connectivity index (χ3n) is 5.42. The summed E-state index contributed by atoms with van der Waals surface area (Å²) in [5, 5.41) is 9.29. The van der Waals surface area contributed by atoms with Gasteiger partial charge in [-0.05, 0) is 42.8 Å². The van der Waals surface area contributed by atoms with Crippen molar-refractivity contribution in [2.24, 2.45) is 0 Å². The molecule has 0 bridgehead atoms. The third kappa shape index (κ3) is 4.58. The van der Waals surface area contributed by atoms with Crippen molar-refractivity contribution >= 4 is 29.1 Å². The van der Waals surface area contributed by atoms with Crippen LogP contribution in [0.25, 0.3) is 11.4 Å². The van der Waals surface area contributed by atoms with E-state index in [1.54, 1.807) is 35.7 Å². The fourth-order valence-electron chi connectivity index (χ4n) is 3.79. The summed E-state index contributed by atoms with van der Waals surface area (Å²) < 4.78 is 7.44. The van der Waals surface area contributed by atoms with Crippen molar-refractivity contribution in [3.8, 4) is 11.4 Å². The number of ketones is 1. The van der Waals surface area contributed by atoms with Crippen LogP contribution in [-0.4, -0.2) is 43.7 Å². The quantitative estimate of drug-likeness (QED) is 0.289. The normalized spacial score (nSPS) is 13.6. The average Bonchev–Trinajstić information content (AvgIpc) is 3.60. The molecular weight excluding hydrogens is 438 g/mol.